The summed E-state index contributed by atoms with van der Waals surface area (Å²) >= 11 is 0. The van der Waals surface area contributed by atoms with Crippen LogP contribution in [0.1, 0.15) is 69.1 Å². The van der Waals surface area contributed by atoms with Crippen LogP contribution in [0.2, 0.25) is 0 Å². The van der Waals surface area contributed by atoms with Crippen LogP contribution in [0.25, 0.3) is 0 Å². The van der Waals surface area contributed by atoms with Crippen molar-refractivity contribution in [2.45, 2.75) is 52.4 Å². The Labute approximate surface area is 172 Å². The molecule has 0 aliphatic heterocycles. The molecule has 1 aliphatic rings. The first-order valence-corrected chi connectivity index (χ1v) is 10.0. The molecule has 0 aromatic heterocycles. The van der Waals surface area contributed by atoms with Crippen molar-refractivity contribution in [1.29, 1.82) is 5.26 Å². The summed E-state index contributed by atoms with van der Waals surface area (Å²) in [5, 5.41) is 14.9. The van der Waals surface area contributed by atoms with Crippen molar-refractivity contribution >= 4 is 23.2 Å². The molecule has 29 heavy (non-hydrogen) atoms. The fraction of sp³-hybridized carbons (Fsp3) is 0.375. The minimum Gasteiger partial charge on any atom is -0.325 e. The van der Waals surface area contributed by atoms with E-state index in [2.05, 4.69) is 44.4 Å². The molecule has 0 bridgehead atoms. The van der Waals surface area contributed by atoms with Gasteiger partial charge in [0.15, 0.2) is 0 Å². The van der Waals surface area contributed by atoms with Crippen LogP contribution >= 0.6 is 0 Å². The normalized spacial score (nSPS) is 14.4. The second-order valence-electron chi connectivity index (χ2n) is 8.30. The molecular weight excluding hydrogens is 362 g/mol. The number of nitrogens with zero attached hydrogens (tertiary/aromatic N) is 1. The molecule has 1 fully saturated rings. The lowest BCUT2D eigenvalue weighted by Crippen LogP contribution is -2.36. The van der Waals surface area contributed by atoms with Crippen molar-refractivity contribution < 1.29 is 9.59 Å². The van der Waals surface area contributed by atoms with Gasteiger partial charge in [-0.15, -0.1) is 0 Å². The number of rotatable bonds is 6. The van der Waals surface area contributed by atoms with E-state index >= 15 is 0 Å². The molecule has 2 aromatic rings. The van der Waals surface area contributed by atoms with Crippen molar-refractivity contribution in [3.63, 3.8) is 0 Å². The summed E-state index contributed by atoms with van der Waals surface area (Å²) in [5.74, 6) is -0.0805. The van der Waals surface area contributed by atoms with Crippen molar-refractivity contribution in [2.75, 3.05) is 10.6 Å². The third kappa shape index (κ3) is 4.17. The molecule has 0 radical (unpaired) electrons. The summed E-state index contributed by atoms with van der Waals surface area (Å²) in [6.07, 6.45) is 1.03. The van der Waals surface area contributed by atoms with Gasteiger partial charge in [0.05, 0.1) is 11.6 Å². The summed E-state index contributed by atoms with van der Waals surface area (Å²) < 4.78 is 0. The van der Waals surface area contributed by atoms with E-state index in [1.807, 2.05) is 18.2 Å². The number of benzene rings is 2. The maximum atomic E-state index is 13.2. The maximum absolute atomic E-state index is 13.2. The standard InChI is InChI=1S/C24H27N3O2/c1-15(2)19-9-6-10-20(16(3)4)21(19)27-23(29)24(11-12-24)22(28)26-18-8-5-7-17(13-18)14-25/h5-10,13,15-16H,11-12H2,1-4H3,(H,26,28)(H,27,29). The molecule has 1 aliphatic carbocycles. The van der Waals surface area contributed by atoms with Gasteiger partial charge in [0.25, 0.3) is 0 Å². The number of carbonyl (C=O) groups excluding carboxylic acids is 2. The number of nitrogens with one attached hydrogen (secondary N) is 2. The minimum atomic E-state index is -1.05. The molecule has 5 nitrogen and oxygen atoms in total. The van der Waals surface area contributed by atoms with Crippen LogP contribution < -0.4 is 10.6 Å². The SMILES string of the molecule is CC(C)c1cccc(C(C)C)c1NC(=O)C1(C(=O)Nc2cccc(C#N)c2)CC1. The van der Waals surface area contributed by atoms with E-state index in [4.69, 9.17) is 5.26 Å². The quantitative estimate of drug-likeness (QED) is 0.669. The number of nitriles is 1. The first-order chi connectivity index (χ1) is 13.8. The van der Waals surface area contributed by atoms with Crippen LogP contribution in [-0.4, -0.2) is 11.8 Å². The van der Waals surface area contributed by atoms with E-state index in [9.17, 15) is 9.59 Å². The summed E-state index contributed by atoms with van der Waals surface area (Å²) in [6, 6.07) is 14.8. The van der Waals surface area contributed by atoms with Gasteiger partial charge in [0.1, 0.15) is 5.41 Å². The number of anilines is 2. The lowest BCUT2D eigenvalue weighted by Gasteiger charge is -2.22. The zero-order valence-electron chi connectivity index (χ0n) is 17.4. The molecule has 5 heteroatoms. The largest absolute Gasteiger partial charge is 0.325 e. The van der Waals surface area contributed by atoms with E-state index in [0.29, 0.717) is 24.1 Å². The fourth-order valence-electron chi connectivity index (χ4n) is 3.53. The second-order valence-corrected chi connectivity index (χ2v) is 8.30. The maximum Gasteiger partial charge on any atom is 0.240 e. The monoisotopic (exact) mass is 389 g/mol. The smallest absolute Gasteiger partial charge is 0.240 e. The molecule has 0 spiro atoms. The van der Waals surface area contributed by atoms with Gasteiger partial charge in [-0.25, -0.2) is 0 Å². The lowest BCUT2D eigenvalue weighted by atomic mass is 9.92. The third-order valence-corrected chi connectivity index (χ3v) is 5.48. The van der Waals surface area contributed by atoms with E-state index in [-0.39, 0.29) is 23.7 Å². The highest BCUT2D eigenvalue weighted by atomic mass is 16.2. The van der Waals surface area contributed by atoms with Crippen LogP contribution in [0.3, 0.4) is 0 Å². The Balaban J connectivity index is 1.84. The van der Waals surface area contributed by atoms with Gasteiger partial charge < -0.3 is 10.6 Å². The number of hydrogen-bond donors (Lipinski definition) is 2. The van der Waals surface area contributed by atoms with Crippen molar-refractivity contribution in [1.82, 2.24) is 0 Å². The first-order valence-electron chi connectivity index (χ1n) is 10.0. The second kappa shape index (κ2) is 8.08. The van der Waals surface area contributed by atoms with Crippen molar-refractivity contribution in [2.24, 2.45) is 5.41 Å². The Kier molecular flexibility index (Phi) is 5.74. The van der Waals surface area contributed by atoms with Gasteiger partial charge in [-0.3, -0.25) is 9.59 Å². The summed E-state index contributed by atoms with van der Waals surface area (Å²) in [5.41, 5.74) is 2.90. The van der Waals surface area contributed by atoms with E-state index in [1.165, 1.54) is 0 Å². The number of para-hydroxylation sites is 1. The minimum absolute atomic E-state index is 0.252. The first kappa shape index (κ1) is 20.6. The van der Waals surface area contributed by atoms with Gasteiger partial charge >= 0.3 is 0 Å². The topological polar surface area (TPSA) is 82.0 Å². The predicted molar refractivity (Wildman–Crippen MR) is 115 cm³/mol. The van der Waals surface area contributed by atoms with Gasteiger partial charge in [0, 0.05) is 11.4 Å². The highest BCUT2D eigenvalue weighted by Crippen LogP contribution is 2.48. The van der Waals surface area contributed by atoms with Crippen LogP contribution in [-0.2, 0) is 9.59 Å². The molecule has 1 saturated carbocycles. The molecule has 2 aromatic carbocycles. The zero-order valence-corrected chi connectivity index (χ0v) is 17.4. The average molecular weight is 389 g/mol. The number of carbonyl (C=O) groups is 2. The average Bonchev–Trinajstić information content (AvgIpc) is 3.50. The highest BCUT2D eigenvalue weighted by Gasteiger charge is 2.56. The third-order valence-electron chi connectivity index (χ3n) is 5.48. The lowest BCUT2D eigenvalue weighted by molar-refractivity contribution is -0.131. The van der Waals surface area contributed by atoms with E-state index in [1.54, 1.807) is 24.3 Å². The Morgan fingerprint density at radius 2 is 1.48 bits per heavy atom. The number of amides is 2. The Morgan fingerprint density at radius 1 is 0.931 bits per heavy atom. The molecule has 0 unspecified atom stereocenters. The molecule has 150 valence electrons. The van der Waals surface area contributed by atoms with Crippen LogP contribution in [0.5, 0.6) is 0 Å². The molecular formula is C24H27N3O2. The van der Waals surface area contributed by atoms with Crippen LogP contribution in [0.4, 0.5) is 11.4 Å². The Hall–Kier alpha value is -3.13. The van der Waals surface area contributed by atoms with Crippen molar-refractivity contribution in [3.8, 4) is 6.07 Å². The zero-order chi connectivity index (χ0) is 21.2. The van der Waals surface area contributed by atoms with Gasteiger partial charge in [-0.05, 0) is 54.0 Å². The Morgan fingerprint density at radius 3 is 2.00 bits per heavy atom. The summed E-state index contributed by atoms with van der Waals surface area (Å²) in [7, 11) is 0. The van der Waals surface area contributed by atoms with Gasteiger partial charge in [-0.1, -0.05) is 52.0 Å². The fourth-order valence-corrected chi connectivity index (χ4v) is 3.53. The molecule has 0 heterocycles. The van der Waals surface area contributed by atoms with Crippen LogP contribution in [0, 0.1) is 16.7 Å². The van der Waals surface area contributed by atoms with Crippen LogP contribution in [0.15, 0.2) is 42.5 Å². The molecule has 3 rings (SSSR count). The highest BCUT2D eigenvalue weighted by molar-refractivity contribution is 6.17. The summed E-state index contributed by atoms with van der Waals surface area (Å²) in [6.45, 7) is 8.38. The predicted octanol–water partition coefficient (Wildman–Crippen LogP) is 5.16. The van der Waals surface area contributed by atoms with E-state index in [0.717, 1.165) is 16.8 Å². The molecule has 2 N–H and O–H groups in total. The van der Waals surface area contributed by atoms with Crippen molar-refractivity contribution in [3.05, 3.63) is 59.2 Å². The summed E-state index contributed by atoms with van der Waals surface area (Å²) in [4.78, 5) is 26.1. The molecule has 2 amide bonds. The Bertz CT molecular complexity index is 956. The van der Waals surface area contributed by atoms with Gasteiger partial charge in [-0.2, -0.15) is 5.26 Å². The van der Waals surface area contributed by atoms with Gasteiger partial charge in [0.2, 0.25) is 11.8 Å². The number of hydrogen-bond acceptors (Lipinski definition) is 3. The van der Waals surface area contributed by atoms with E-state index < -0.39 is 5.41 Å². The molecule has 0 saturated heterocycles. The molecule has 0 atom stereocenters.